The van der Waals surface area contributed by atoms with Crippen LogP contribution in [0.1, 0.15) is 50.8 Å². The van der Waals surface area contributed by atoms with Crippen LogP contribution in [0.3, 0.4) is 0 Å². The molecule has 0 aromatic heterocycles. The Bertz CT molecular complexity index is 466. The Morgan fingerprint density at radius 2 is 1.72 bits per heavy atom. The maximum absolute atomic E-state index is 10.4. The summed E-state index contributed by atoms with van der Waals surface area (Å²) in [6.07, 6.45) is 0.549. The molecule has 1 unspecified atom stereocenters. The molecule has 1 atom stereocenters. The Labute approximate surface area is 154 Å². The fourth-order valence-electron chi connectivity index (χ4n) is 2.80. The molecule has 0 bridgehead atoms. The van der Waals surface area contributed by atoms with Gasteiger partial charge in [-0.1, -0.05) is 49.7 Å². The maximum atomic E-state index is 10.4. The number of hydrogen-bond donors (Lipinski definition) is 1. The van der Waals surface area contributed by atoms with Crippen molar-refractivity contribution < 1.29 is 49.2 Å². The molecule has 1 N–H and O–H groups in total. The third kappa shape index (κ3) is 2.76. The zero-order chi connectivity index (χ0) is 13.0. The Morgan fingerprint density at radius 1 is 1.17 bits per heavy atom. The molecule has 1 nitrogen and oxygen atoms in total. The van der Waals surface area contributed by atoms with E-state index in [4.69, 9.17) is 0 Å². The molecule has 0 aliphatic heterocycles. The summed E-state index contributed by atoms with van der Waals surface area (Å²) in [6, 6.07) is 4.46. The van der Waals surface area contributed by atoms with Crippen molar-refractivity contribution in [3.05, 3.63) is 33.3 Å². The van der Waals surface area contributed by atoms with Crippen LogP contribution in [-0.2, 0) is 10.8 Å². The smallest absolute Gasteiger partial charge is 0.0639 e. The Kier molecular flexibility index (Phi) is 5.22. The van der Waals surface area contributed by atoms with Crippen molar-refractivity contribution >= 4 is 15.9 Å². The average molecular weight is 524 g/mol. The van der Waals surface area contributed by atoms with Crippen molar-refractivity contribution in [2.45, 2.75) is 58.0 Å². The molecular weight excluding hydrogens is 503 g/mol. The first-order valence-electron chi connectivity index (χ1n) is 6.15. The summed E-state index contributed by atoms with van der Waals surface area (Å²) in [7, 11) is 0. The molecule has 1 aliphatic rings. The minimum atomic E-state index is -0.273. The van der Waals surface area contributed by atoms with Crippen molar-refractivity contribution in [3.8, 4) is 0 Å². The van der Waals surface area contributed by atoms with Gasteiger partial charge in [-0.3, -0.25) is 0 Å². The summed E-state index contributed by atoms with van der Waals surface area (Å²) in [5.74, 6) is 0. The third-order valence-electron chi connectivity index (χ3n) is 4.26. The van der Waals surface area contributed by atoms with E-state index >= 15 is 0 Å². The van der Waals surface area contributed by atoms with Gasteiger partial charge in [-0.25, -0.2) is 0 Å². The molecule has 0 amide bonds. The summed E-state index contributed by atoms with van der Waals surface area (Å²) >= 11 is 3.62. The monoisotopic (exact) mass is 523 g/mol. The molecule has 1 radical (unpaired) electrons. The molecule has 97 valence electrons. The molecule has 0 heterocycles. The molecule has 1 aromatic rings. The number of fused-ring (bicyclic) bond motifs is 1. The Morgan fingerprint density at radius 3 is 2.28 bits per heavy atom. The second-order valence-electron chi connectivity index (χ2n) is 6.47. The van der Waals surface area contributed by atoms with Gasteiger partial charge in [-0.05, 0) is 41.5 Å². The van der Waals surface area contributed by atoms with Gasteiger partial charge >= 0.3 is 0 Å². The number of rotatable bonds is 0. The predicted molar refractivity (Wildman–Crippen MR) is 75.6 cm³/mol. The van der Waals surface area contributed by atoms with Crippen molar-refractivity contribution in [1.29, 1.82) is 0 Å². The third-order valence-corrected chi connectivity index (χ3v) is 5.11. The zero-order valence-corrected chi connectivity index (χ0v) is 18.2. The van der Waals surface area contributed by atoms with Crippen LogP contribution >= 0.6 is 15.9 Å². The normalized spacial score (nSPS) is 24.1. The quantitative estimate of drug-likeness (QED) is 0.543. The van der Waals surface area contributed by atoms with E-state index in [0.29, 0.717) is 0 Å². The topological polar surface area (TPSA) is 20.2 Å². The minimum Gasteiger partial charge on any atom is -0.392 e. The SMILES string of the molecule is Cc1cc2c(cc1Br)C(C)(C)CC(O)C2(C)C.[Ac]. The fraction of sp³-hybridized carbons (Fsp3) is 0.600. The summed E-state index contributed by atoms with van der Waals surface area (Å²) in [5, 5.41) is 10.4. The van der Waals surface area contributed by atoms with Crippen LogP contribution in [0.5, 0.6) is 0 Å². The Hall–Kier alpha value is 1.10. The van der Waals surface area contributed by atoms with Crippen LogP contribution in [0.25, 0.3) is 0 Å². The minimum absolute atomic E-state index is 0. The van der Waals surface area contributed by atoms with Gasteiger partial charge in [0.1, 0.15) is 0 Å². The van der Waals surface area contributed by atoms with Crippen molar-refractivity contribution in [2.24, 2.45) is 0 Å². The van der Waals surface area contributed by atoms with Crippen LogP contribution in [0.15, 0.2) is 16.6 Å². The van der Waals surface area contributed by atoms with Crippen LogP contribution in [0, 0.1) is 51.0 Å². The molecule has 0 saturated heterocycles. The standard InChI is InChI=1S/C15H21BrO.Ac/c1-9-6-11-10(7-12(9)16)14(2,3)8-13(17)15(11,4)5;/h6-7,13,17H,8H2,1-5H3;. The van der Waals surface area contributed by atoms with E-state index in [9.17, 15) is 5.11 Å². The predicted octanol–water partition coefficient (Wildman–Crippen LogP) is 4.08. The number of hydrogen-bond acceptors (Lipinski definition) is 1. The van der Waals surface area contributed by atoms with E-state index in [0.717, 1.165) is 10.9 Å². The molecule has 0 fully saturated rings. The van der Waals surface area contributed by atoms with Crippen molar-refractivity contribution in [1.82, 2.24) is 0 Å². The van der Waals surface area contributed by atoms with Gasteiger partial charge in [0.25, 0.3) is 0 Å². The second kappa shape index (κ2) is 5.47. The van der Waals surface area contributed by atoms with Crippen LogP contribution in [0.4, 0.5) is 0 Å². The van der Waals surface area contributed by atoms with Gasteiger partial charge < -0.3 is 5.11 Å². The van der Waals surface area contributed by atoms with Gasteiger partial charge in [0.05, 0.1) is 6.10 Å². The molecule has 1 aliphatic carbocycles. The summed E-state index contributed by atoms with van der Waals surface area (Å²) < 4.78 is 1.16. The first-order chi connectivity index (χ1) is 7.66. The molecule has 1 aromatic carbocycles. The van der Waals surface area contributed by atoms with Crippen LogP contribution < -0.4 is 0 Å². The van der Waals surface area contributed by atoms with Crippen molar-refractivity contribution in [2.75, 3.05) is 0 Å². The number of aliphatic hydroxyl groups excluding tert-OH is 1. The molecule has 0 spiro atoms. The van der Waals surface area contributed by atoms with Gasteiger partial charge in [-0.15, -0.1) is 0 Å². The number of aliphatic hydroxyl groups is 1. The van der Waals surface area contributed by atoms with Gasteiger partial charge in [-0.2, -0.15) is 0 Å². The zero-order valence-electron chi connectivity index (χ0n) is 11.8. The molecule has 0 saturated carbocycles. The average Bonchev–Trinajstić information content (AvgIpc) is 2.18. The van der Waals surface area contributed by atoms with Gasteiger partial charge in [0.15, 0.2) is 0 Å². The molecule has 18 heavy (non-hydrogen) atoms. The van der Waals surface area contributed by atoms with E-state index in [1.54, 1.807) is 0 Å². The summed E-state index contributed by atoms with van der Waals surface area (Å²) in [6.45, 7) is 10.8. The van der Waals surface area contributed by atoms with Gasteiger partial charge in [0, 0.05) is 54.0 Å². The number of benzene rings is 1. The first kappa shape index (κ1) is 17.2. The van der Waals surface area contributed by atoms with Crippen LogP contribution in [0.2, 0.25) is 0 Å². The maximum Gasteiger partial charge on any atom is 0.0639 e. The van der Waals surface area contributed by atoms with E-state index in [1.165, 1.54) is 16.7 Å². The summed E-state index contributed by atoms with van der Waals surface area (Å²) in [5.41, 5.74) is 3.78. The molecule has 3 heteroatoms. The van der Waals surface area contributed by atoms with Crippen molar-refractivity contribution in [3.63, 3.8) is 0 Å². The number of halogens is 1. The largest absolute Gasteiger partial charge is 0.392 e. The summed E-state index contributed by atoms with van der Waals surface area (Å²) in [4.78, 5) is 0. The van der Waals surface area contributed by atoms with E-state index in [2.05, 4.69) is 62.7 Å². The van der Waals surface area contributed by atoms with Crippen LogP contribution in [-0.4, -0.2) is 11.2 Å². The van der Waals surface area contributed by atoms with Gasteiger partial charge in [0.2, 0.25) is 0 Å². The second-order valence-corrected chi connectivity index (χ2v) is 7.33. The first-order valence-corrected chi connectivity index (χ1v) is 6.95. The van der Waals surface area contributed by atoms with E-state index < -0.39 is 0 Å². The number of aryl methyl sites for hydroxylation is 1. The Balaban J connectivity index is 0.00000162. The van der Waals surface area contributed by atoms with E-state index in [1.807, 2.05) is 0 Å². The molecule has 2 rings (SSSR count). The fourth-order valence-corrected chi connectivity index (χ4v) is 3.15. The molecular formula is C15H21AcBrO. The van der Waals surface area contributed by atoms with E-state index in [-0.39, 0.29) is 61.0 Å².